The molecule has 0 bridgehead atoms. The number of hydrogen-bond acceptors (Lipinski definition) is 1. The molecule has 3 heteroatoms. The number of rotatable bonds is 4. The standard InChI is InChI=1S/C21H18FNO/c1-23(19-14-12-18(22)13-15-19)21(24)20(16-8-4-2-5-9-16)17-10-6-3-7-11-17/h2-15,20H,1H3. The zero-order valence-corrected chi connectivity index (χ0v) is 13.4. The van der Waals surface area contributed by atoms with Gasteiger partial charge in [0.15, 0.2) is 0 Å². The molecule has 0 aliphatic rings. The quantitative estimate of drug-likeness (QED) is 0.687. The Bertz CT molecular complexity index is 761. The fraction of sp³-hybridized carbons (Fsp3) is 0.0952. The first-order chi connectivity index (χ1) is 11.7. The molecule has 0 radical (unpaired) electrons. The van der Waals surface area contributed by atoms with Crippen molar-refractivity contribution in [2.75, 3.05) is 11.9 Å². The molecule has 3 aromatic rings. The van der Waals surface area contributed by atoms with E-state index in [1.54, 1.807) is 24.1 Å². The van der Waals surface area contributed by atoms with Gasteiger partial charge in [-0.15, -0.1) is 0 Å². The van der Waals surface area contributed by atoms with E-state index in [4.69, 9.17) is 0 Å². The minimum atomic E-state index is -0.401. The van der Waals surface area contributed by atoms with Crippen LogP contribution in [0.1, 0.15) is 17.0 Å². The molecule has 3 rings (SSSR count). The molecule has 0 aliphatic carbocycles. The number of carbonyl (C=O) groups excluding carboxylic acids is 1. The molecule has 0 spiro atoms. The van der Waals surface area contributed by atoms with Crippen molar-refractivity contribution in [3.63, 3.8) is 0 Å². The number of likely N-dealkylation sites (N-methyl/N-ethyl adjacent to an activating group) is 1. The highest BCUT2D eigenvalue weighted by atomic mass is 19.1. The number of hydrogen-bond donors (Lipinski definition) is 0. The molecule has 2 nitrogen and oxygen atoms in total. The Balaban J connectivity index is 1.99. The summed E-state index contributed by atoms with van der Waals surface area (Å²) < 4.78 is 13.1. The second kappa shape index (κ2) is 7.09. The van der Waals surface area contributed by atoms with Gasteiger partial charge in [0.2, 0.25) is 5.91 Å². The van der Waals surface area contributed by atoms with Crippen LogP contribution in [0, 0.1) is 5.82 Å². The summed E-state index contributed by atoms with van der Waals surface area (Å²) in [5.41, 5.74) is 2.53. The third kappa shape index (κ3) is 3.35. The average molecular weight is 319 g/mol. The molecule has 0 saturated heterocycles. The SMILES string of the molecule is CN(C(=O)C(c1ccccc1)c1ccccc1)c1ccc(F)cc1. The van der Waals surface area contributed by atoms with Gasteiger partial charge in [0.25, 0.3) is 0 Å². The van der Waals surface area contributed by atoms with Crippen molar-refractivity contribution < 1.29 is 9.18 Å². The van der Waals surface area contributed by atoms with Crippen molar-refractivity contribution >= 4 is 11.6 Å². The zero-order chi connectivity index (χ0) is 16.9. The molecule has 0 atom stereocenters. The first kappa shape index (κ1) is 15.9. The normalized spacial score (nSPS) is 10.6. The summed E-state index contributed by atoms with van der Waals surface area (Å²) in [7, 11) is 1.72. The lowest BCUT2D eigenvalue weighted by Gasteiger charge is -2.24. The molecule has 0 unspecified atom stereocenters. The second-order valence-electron chi connectivity index (χ2n) is 5.63. The summed E-state index contributed by atoms with van der Waals surface area (Å²) in [5, 5.41) is 0. The number of halogens is 1. The molecule has 0 aromatic heterocycles. The van der Waals surface area contributed by atoms with E-state index >= 15 is 0 Å². The highest BCUT2D eigenvalue weighted by molar-refractivity contribution is 5.99. The summed E-state index contributed by atoms with van der Waals surface area (Å²) >= 11 is 0. The second-order valence-corrected chi connectivity index (χ2v) is 5.63. The molecule has 0 fully saturated rings. The first-order valence-electron chi connectivity index (χ1n) is 7.80. The molecular formula is C21H18FNO. The average Bonchev–Trinajstić information content (AvgIpc) is 2.64. The van der Waals surface area contributed by atoms with Crippen LogP contribution in [-0.2, 0) is 4.79 Å². The van der Waals surface area contributed by atoms with Crippen LogP contribution in [0.2, 0.25) is 0 Å². The van der Waals surface area contributed by atoms with E-state index in [2.05, 4.69) is 0 Å². The molecule has 0 heterocycles. The fourth-order valence-corrected chi connectivity index (χ4v) is 2.75. The topological polar surface area (TPSA) is 20.3 Å². The number of amides is 1. The van der Waals surface area contributed by atoms with Gasteiger partial charge in [-0.2, -0.15) is 0 Å². The fourth-order valence-electron chi connectivity index (χ4n) is 2.75. The maximum Gasteiger partial charge on any atom is 0.238 e. The van der Waals surface area contributed by atoms with Crippen LogP contribution in [0.4, 0.5) is 10.1 Å². The molecule has 0 saturated carbocycles. The van der Waals surface area contributed by atoms with Gasteiger partial charge in [-0.1, -0.05) is 60.7 Å². The lowest BCUT2D eigenvalue weighted by atomic mass is 9.90. The number of carbonyl (C=O) groups is 1. The van der Waals surface area contributed by atoms with Crippen LogP contribution >= 0.6 is 0 Å². The molecule has 1 amide bonds. The van der Waals surface area contributed by atoms with E-state index in [0.29, 0.717) is 5.69 Å². The predicted molar refractivity (Wildman–Crippen MR) is 94.5 cm³/mol. The number of benzene rings is 3. The lowest BCUT2D eigenvalue weighted by Crippen LogP contribution is -2.32. The Kier molecular flexibility index (Phi) is 4.71. The Hall–Kier alpha value is -2.94. The van der Waals surface area contributed by atoms with Crippen molar-refractivity contribution in [3.8, 4) is 0 Å². The van der Waals surface area contributed by atoms with Crippen LogP contribution in [0.5, 0.6) is 0 Å². The van der Waals surface area contributed by atoms with E-state index in [1.165, 1.54) is 12.1 Å². The smallest absolute Gasteiger partial charge is 0.238 e. The molecular weight excluding hydrogens is 301 g/mol. The maximum absolute atomic E-state index is 13.2. The Morgan fingerprint density at radius 2 is 1.25 bits per heavy atom. The van der Waals surface area contributed by atoms with Crippen molar-refractivity contribution in [2.45, 2.75) is 5.92 Å². The summed E-state index contributed by atoms with van der Waals surface area (Å²) in [4.78, 5) is 14.7. The van der Waals surface area contributed by atoms with Gasteiger partial charge in [-0.3, -0.25) is 4.79 Å². The van der Waals surface area contributed by atoms with Crippen molar-refractivity contribution in [3.05, 3.63) is 102 Å². The monoisotopic (exact) mass is 319 g/mol. The van der Waals surface area contributed by atoms with E-state index in [1.807, 2.05) is 60.7 Å². The van der Waals surface area contributed by atoms with E-state index in [0.717, 1.165) is 11.1 Å². The highest BCUT2D eigenvalue weighted by Crippen LogP contribution is 2.28. The van der Waals surface area contributed by atoms with Gasteiger partial charge >= 0.3 is 0 Å². The van der Waals surface area contributed by atoms with Gasteiger partial charge in [0.05, 0.1) is 5.92 Å². The zero-order valence-electron chi connectivity index (χ0n) is 13.4. The number of nitrogens with zero attached hydrogens (tertiary/aromatic N) is 1. The Morgan fingerprint density at radius 3 is 1.71 bits per heavy atom. The highest BCUT2D eigenvalue weighted by Gasteiger charge is 2.26. The van der Waals surface area contributed by atoms with E-state index < -0.39 is 5.92 Å². The van der Waals surface area contributed by atoms with Crippen LogP contribution in [0.15, 0.2) is 84.9 Å². The molecule has 0 aliphatic heterocycles. The van der Waals surface area contributed by atoms with Gasteiger partial charge in [-0.25, -0.2) is 4.39 Å². The maximum atomic E-state index is 13.2. The largest absolute Gasteiger partial charge is 0.315 e. The van der Waals surface area contributed by atoms with Gasteiger partial charge in [0, 0.05) is 12.7 Å². The number of anilines is 1. The van der Waals surface area contributed by atoms with Crippen molar-refractivity contribution in [1.29, 1.82) is 0 Å². The summed E-state index contributed by atoms with van der Waals surface area (Å²) in [5.74, 6) is -0.774. The summed E-state index contributed by atoms with van der Waals surface area (Å²) in [6.45, 7) is 0. The van der Waals surface area contributed by atoms with Crippen LogP contribution in [-0.4, -0.2) is 13.0 Å². The molecule has 24 heavy (non-hydrogen) atoms. The van der Waals surface area contributed by atoms with Crippen molar-refractivity contribution in [2.24, 2.45) is 0 Å². The van der Waals surface area contributed by atoms with Gasteiger partial charge in [-0.05, 0) is 35.4 Å². The van der Waals surface area contributed by atoms with Gasteiger partial charge < -0.3 is 4.90 Å². The molecule has 0 N–H and O–H groups in total. The molecule has 3 aromatic carbocycles. The molecule has 120 valence electrons. The third-order valence-electron chi connectivity index (χ3n) is 4.06. The van der Waals surface area contributed by atoms with Crippen LogP contribution in [0.3, 0.4) is 0 Å². The van der Waals surface area contributed by atoms with E-state index in [-0.39, 0.29) is 11.7 Å². The third-order valence-corrected chi connectivity index (χ3v) is 4.06. The van der Waals surface area contributed by atoms with Crippen molar-refractivity contribution in [1.82, 2.24) is 0 Å². The van der Waals surface area contributed by atoms with E-state index in [9.17, 15) is 9.18 Å². The Labute approximate surface area is 141 Å². The minimum Gasteiger partial charge on any atom is -0.315 e. The minimum absolute atomic E-state index is 0.0565. The van der Waals surface area contributed by atoms with Crippen LogP contribution in [0.25, 0.3) is 0 Å². The van der Waals surface area contributed by atoms with Gasteiger partial charge in [0.1, 0.15) is 5.82 Å². The lowest BCUT2D eigenvalue weighted by molar-refractivity contribution is -0.118. The summed E-state index contributed by atoms with van der Waals surface area (Å²) in [6.07, 6.45) is 0. The predicted octanol–water partition coefficient (Wildman–Crippen LogP) is 4.62. The Morgan fingerprint density at radius 1 is 0.792 bits per heavy atom. The summed E-state index contributed by atoms with van der Waals surface area (Å²) in [6, 6.07) is 25.3. The van der Waals surface area contributed by atoms with Crippen LogP contribution < -0.4 is 4.90 Å². The first-order valence-corrected chi connectivity index (χ1v) is 7.80.